The first-order valence-electron chi connectivity index (χ1n) is 16.9. The highest BCUT2D eigenvalue weighted by atomic mass is 32.2. The van der Waals surface area contributed by atoms with Gasteiger partial charge in [0.15, 0.2) is 0 Å². The molecule has 1 aliphatic carbocycles. The summed E-state index contributed by atoms with van der Waals surface area (Å²) in [5, 5.41) is 10.9. The van der Waals surface area contributed by atoms with E-state index in [0.717, 1.165) is 49.8 Å². The fraction of sp³-hybridized carbons (Fsp3) is 0.500. The summed E-state index contributed by atoms with van der Waals surface area (Å²) < 4.78 is -1.27. The molecule has 0 aromatic heterocycles. The number of rotatable bonds is 12. The number of anilines is 1. The number of thioether (sulfide) groups is 1. The molecule has 2 aromatic carbocycles. The lowest BCUT2D eigenvalue weighted by Gasteiger charge is -2.42. The zero-order chi connectivity index (χ0) is 32.5. The molecule has 1 N–H and O–H groups in total. The topological polar surface area (TPSA) is 81.2 Å². The maximum atomic E-state index is 15.1. The smallest absolute Gasteiger partial charge is 0.247 e. The van der Waals surface area contributed by atoms with Crippen LogP contribution >= 0.6 is 11.8 Å². The molecule has 3 aliphatic heterocycles. The van der Waals surface area contributed by atoms with Gasteiger partial charge in [0.05, 0.1) is 29.2 Å². The van der Waals surface area contributed by atoms with Crippen LogP contribution in [-0.4, -0.2) is 79.9 Å². The van der Waals surface area contributed by atoms with Crippen molar-refractivity contribution in [3.8, 4) is 0 Å². The minimum Gasteiger partial charge on any atom is -0.394 e. The van der Waals surface area contributed by atoms with Gasteiger partial charge in [-0.25, -0.2) is 0 Å². The first-order valence-corrected chi connectivity index (χ1v) is 17.7. The maximum Gasteiger partial charge on any atom is 0.247 e. The van der Waals surface area contributed by atoms with Crippen LogP contribution in [0.1, 0.15) is 57.4 Å². The van der Waals surface area contributed by atoms with E-state index in [9.17, 15) is 9.90 Å². The van der Waals surface area contributed by atoms with Crippen molar-refractivity contribution in [2.45, 2.75) is 85.9 Å². The van der Waals surface area contributed by atoms with Crippen LogP contribution in [0.5, 0.6) is 0 Å². The summed E-state index contributed by atoms with van der Waals surface area (Å²) >= 11 is 1.69. The van der Waals surface area contributed by atoms with Crippen molar-refractivity contribution in [2.75, 3.05) is 24.6 Å². The van der Waals surface area contributed by atoms with Crippen LogP contribution in [0.4, 0.5) is 5.69 Å². The number of nitrogens with zero attached hydrogens (tertiary/aromatic N) is 3. The van der Waals surface area contributed by atoms with E-state index in [1.54, 1.807) is 33.7 Å². The number of amides is 3. The van der Waals surface area contributed by atoms with E-state index in [1.807, 2.05) is 65.6 Å². The predicted molar refractivity (Wildman–Crippen MR) is 184 cm³/mol. The van der Waals surface area contributed by atoms with Crippen molar-refractivity contribution in [1.29, 1.82) is 0 Å². The number of hydrogen-bond acceptors (Lipinski definition) is 5. The summed E-state index contributed by atoms with van der Waals surface area (Å²) in [6.07, 6.45) is 10.5. The molecule has 1 saturated carbocycles. The number of fused-ring (bicyclic) bond motifs is 1. The molecular weight excluding hydrogens is 595 g/mol. The first-order chi connectivity index (χ1) is 22.3. The number of carbonyl (C=O) groups is 3. The van der Waals surface area contributed by atoms with Crippen LogP contribution in [0.25, 0.3) is 0 Å². The second-order valence-corrected chi connectivity index (χ2v) is 15.5. The highest BCUT2D eigenvalue weighted by molar-refractivity contribution is 8.02. The summed E-state index contributed by atoms with van der Waals surface area (Å²) in [5.74, 6) is -1.64. The molecule has 2 bridgehead atoms. The van der Waals surface area contributed by atoms with E-state index >= 15 is 9.59 Å². The monoisotopic (exact) mass is 641 g/mol. The van der Waals surface area contributed by atoms with Crippen LogP contribution < -0.4 is 4.90 Å². The van der Waals surface area contributed by atoms with E-state index in [-0.39, 0.29) is 30.4 Å². The summed E-state index contributed by atoms with van der Waals surface area (Å²) in [5.41, 5.74) is 1.75. The second-order valence-electron chi connectivity index (χ2n) is 13.6. The SMILES string of the molecule is C=CCN(C(=O)[C@@H]1[C@H]2C(=O)N([C@@H](CO)Cc3ccccc3)C(C(=O)N(CC=C)C3CCCCC3)C23CC[C@@]1(C)S3)c1ccccc1. The standard InChI is InChI=1S/C38H47N3O4S/c1-4-23-39(28-17-11-7-12-18-28)34(43)31-32-35(44)41(30(26-42)25-27-15-9-6-10-16-27)33(38(32)22-21-37(31,3)46-38)36(45)40(24-5-2)29-19-13-8-14-20-29/h4-7,9-12,15-18,29-33,42H,1-2,8,13-14,19-26H2,3H3/t30-,31+,32+,33?,37-,38?/m1/s1. The Morgan fingerprint density at radius 2 is 1.63 bits per heavy atom. The Morgan fingerprint density at radius 3 is 2.26 bits per heavy atom. The summed E-state index contributed by atoms with van der Waals surface area (Å²) in [7, 11) is 0. The molecule has 4 fully saturated rings. The quantitative estimate of drug-likeness (QED) is 0.304. The van der Waals surface area contributed by atoms with E-state index in [0.29, 0.717) is 25.9 Å². The lowest BCUT2D eigenvalue weighted by molar-refractivity contribution is -0.147. The van der Waals surface area contributed by atoms with Gasteiger partial charge in [-0.1, -0.05) is 79.9 Å². The molecule has 6 rings (SSSR count). The lowest BCUT2D eigenvalue weighted by atomic mass is 9.66. The Hall–Kier alpha value is -3.36. The van der Waals surface area contributed by atoms with E-state index < -0.39 is 33.4 Å². The second kappa shape index (κ2) is 13.4. The van der Waals surface area contributed by atoms with E-state index in [1.165, 1.54) is 0 Å². The van der Waals surface area contributed by atoms with Crippen molar-refractivity contribution in [2.24, 2.45) is 11.8 Å². The molecule has 46 heavy (non-hydrogen) atoms. The summed E-state index contributed by atoms with van der Waals surface area (Å²) in [4.78, 5) is 50.3. The van der Waals surface area contributed by atoms with E-state index in [4.69, 9.17) is 0 Å². The van der Waals surface area contributed by atoms with Gasteiger partial charge in [0, 0.05) is 29.6 Å². The average Bonchev–Trinajstić information content (AvgIpc) is 3.66. The third-order valence-corrected chi connectivity index (χ3v) is 12.9. The normalized spacial score (nSPS) is 29.3. The van der Waals surface area contributed by atoms with Gasteiger partial charge < -0.3 is 19.8 Å². The van der Waals surface area contributed by atoms with Crippen molar-refractivity contribution in [3.63, 3.8) is 0 Å². The van der Waals surface area contributed by atoms with Gasteiger partial charge in [-0.15, -0.1) is 24.9 Å². The first kappa shape index (κ1) is 32.6. The molecular formula is C38H47N3O4S. The number of para-hydroxylation sites is 1. The number of benzene rings is 2. The minimum absolute atomic E-state index is 0.0648. The Kier molecular flexibility index (Phi) is 9.49. The number of aliphatic hydroxyl groups excluding tert-OH is 1. The van der Waals surface area contributed by atoms with Gasteiger partial charge in [-0.2, -0.15) is 0 Å². The Balaban J connectivity index is 1.45. The minimum atomic E-state index is -0.776. The number of carbonyl (C=O) groups excluding carboxylic acids is 3. The van der Waals surface area contributed by atoms with Gasteiger partial charge in [-0.05, 0) is 56.7 Å². The highest BCUT2D eigenvalue weighted by Crippen LogP contribution is 2.72. The molecule has 8 heteroatoms. The van der Waals surface area contributed by atoms with Crippen molar-refractivity contribution in [3.05, 3.63) is 91.5 Å². The van der Waals surface area contributed by atoms with Crippen LogP contribution in [0.3, 0.4) is 0 Å². The Labute approximate surface area is 277 Å². The van der Waals surface area contributed by atoms with E-state index in [2.05, 4.69) is 20.1 Å². The number of hydrogen-bond donors (Lipinski definition) is 1. The zero-order valence-corrected chi connectivity index (χ0v) is 27.7. The molecule has 1 spiro atoms. The molecule has 4 aliphatic rings. The Morgan fingerprint density at radius 1 is 0.978 bits per heavy atom. The molecule has 244 valence electrons. The van der Waals surface area contributed by atoms with Crippen molar-refractivity contribution >= 4 is 35.2 Å². The van der Waals surface area contributed by atoms with Crippen LogP contribution in [0, 0.1) is 11.8 Å². The highest BCUT2D eigenvalue weighted by Gasteiger charge is 2.78. The molecule has 3 amide bonds. The molecule has 3 saturated heterocycles. The van der Waals surface area contributed by atoms with Crippen LogP contribution in [0.2, 0.25) is 0 Å². The van der Waals surface area contributed by atoms with Gasteiger partial charge in [0.25, 0.3) is 0 Å². The van der Waals surface area contributed by atoms with Gasteiger partial charge in [-0.3, -0.25) is 14.4 Å². The third kappa shape index (κ3) is 5.51. The van der Waals surface area contributed by atoms with Crippen molar-refractivity contribution in [1.82, 2.24) is 9.80 Å². The third-order valence-electron chi connectivity index (χ3n) is 10.9. The molecule has 7 nitrogen and oxygen atoms in total. The molecule has 6 atom stereocenters. The van der Waals surface area contributed by atoms with Gasteiger partial charge in [0.2, 0.25) is 17.7 Å². The molecule has 2 unspecified atom stereocenters. The zero-order valence-electron chi connectivity index (χ0n) is 26.9. The van der Waals surface area contributed by atoms with Gasteiger partial charge >= 0.3 is 0 Å². The fourth-order valence-corrected chi connectivity index (χ4v) is 11.2. The Bertz CT molecular complexity index is 1450. The van der Waals surface area contributed by atoms with Crippen LogP contribution in [-0.2, 0) is 20.8 Å². The summed E-state index contributed by atoms with van der Waals surface area (Å²) in [6, 6.07) is 18.1. The largest absolute Gasteiger partial charge is 0.394 e. The number of likely N-dealkylation sites (tertiary alicyclic amines) is 1. The fourth-order valence-electron chi connectivity index (χ4n) is 8.88. The van der Waals surface area contributed by atoms with Crippen LogP contribution in [0.15, 0.2) is 86.0 Å². The molecule has 2 aromatic rings. The predicted octanol–water partition coefficient (Wildman–Crippen LogP) is 5.64. The molecule has 0 radical (unpaired) electrons. The van der Waals surface area contributed by atoms with Crippen molar-refractivity contribution < 1.29 is 19.5 Å². The molecule has 3 heterocycles. The average molecular weight is 642 g/mol. The maximum absolute atomic E-state index is 15.1. The summed E-state index contributed by atoms with van der Waals surface area (Å²) in [6.45, 7) is 10.5. The number of aliphatic hydroxyl groups is 1. The lowest BCUT2D eigenvalue weighted by Crippen LogP contribution is -2.59. The van der Waals surface area contributed by atoms with Gasteiger partial charge in [0.1, 0.15) is 6.04 Å².